The van der Waals surface area contributed by atoms with E-state index in [9.17, 15) is 4.79 Å². The average molecular weight is 481 g/mol. The molecule has 0 saturated heterocycles. The fraction of sp³-hybridized carbons (Fsp3) is 0.115. The fourth-order valence-electron chi connectivity index (χ4n) is 4.00. The molecule has 0 amide bonds. The summed E-state index contributed by atoms with van der Waals surface area (Å²) >= 11 is 1.43. The molecule has 0 fully saturated rings. The summed E-state index contributed by atoms with van der Waals surface area (Å²) in [6.45, 7) is 2.44. The molecule has 0 saturated carbocycles. The maximum atomic E-state index is 13.3. The monoisotopic (exact) mass is 480 g/mol. The largest absolute Gasteiger partial charge is 0.338 e. The van der Waals surface area contributed by atoms with Gasteiger partial charge in [-0.2, -0.15) is 4.98 Å². The van der Waals surface area contributed by atoms with Crippen LogP contribution in [0.25, 0.3) is 28.1 Å². The Balaban J connectivity index is 1.36. The number of aryl methyl sites for hydroxylation is 1. The number of para-hydroxylation sites is 1. The number of rotatable bonds is 6. The van der Waals surface area contributed by atoms with Crippen LogP contribution in [0.15, 0.2) is 93.3 Å². The van der Waals surface area contributed by atoms with E-state index in [1.165, 1.54) is 17.3 Å². The van der Waals surface area contributed by atoms with Gasteiger partial charge < -0.3 is 4.52 Å². The summed E-state index contributed by atoms with van der Waals surface area (Å²) < 4.78 is 9.06. The number of nitrogens with zero attached hydrogens (tertiary/aromatic N) is 6. The van der Waals surface area contributed by atoms with Crippen molar-refractivity contribution < 1.29 is 4.52 Å². The van der Waals surface area contributed by atoms with E-state index in [-0.39, 0.29) is 5.56 Å². The van der Waals surface area contributed by atoms with E-state index in [0.717, 1.165) is 16.6 Å². The molecule has 0 N–H and O–H groups in total. The van der Waals surface area contributed by atoms with Crippen molar-refractivity contribution in [2.24, 2.45) is 0 Å². The summed E-state index contributed by atoms with van der Waals surface area (Å²) in [5.74, 6) is 1.95. The Morgan fingerprint density at radius 2 is 1.69 bits per heavy atom. The van der Waals surface area contributed by atoms with Gasteiger partial charge in [0.2, 0.25) is 17.5 Å². The number of thioether (sulfide) groups is 1. The van der Waals surface area contributed by atoms with E-state index in [4.69, 9.17) is 4.52 Å². The molecule has 3 aromatic carbocycles. The van der Waals surface area contributed by atoms with Crippen molar-refractivity contribution in [2.75, 3.05) is 0 Å². The van der Waals surface area contributed by atoms with E-state index >= 15 is 0 Å². The minimum atomic E-state index is -0.0967. The standard InChI is InChI=1S/C26H20N6O2S/c1-17-11-13-19(14-12-17)23-27-22(34-30-23)16-35-26-29-28-25-31(15-18-7-3-2-4-8-18)24(33)20-9-5-6-10-21(20)32(25)26/h2-14H,15-16H2,1H3. The summed E-state index contributed by atoms with van der Waals surface area (Å²) in [4.78, 5) is 17.9. The molecule has 9 heteroatoms. The molecule has 0 atom stereocenters. The minimum absolute atomic E-state index is 0.0967. The zero-order valence-electron chi connectivity index (χ0n) is 18.8. The molecule has 6 aromatic rings. The molecule has 8 nitrogen and oxygen atoms in total. The molecular formula is C26H20N6O2S. The Bertz CT molecular complexity index is 1700. The lowest BCUT2D eigenvalue weighted by atomic mass is 10.1. The summed E-state index contributed by atoms with van der Waals surface area (Å²) in [7, 11) is 0. The van der Waals surface area contributed by atoms with Gasteiger partial charge in [-0.05, 0) is 24.6 Å². The third kappa shape index (κ3) is 4.00. The van der Waals surface area contributed by atoms with Crippen molar-refractivity contribution in [3.63, 3.8) is 0 Å². The zero-order chi connectivity index (χ0) is 23.8. The van der Waals surface area contributed by atoms with Crippen LogP contribution < -0.4 is 5.56 Å². The van der Waals surface area contributed by atoms with E-state index in [2.05, 4.69) is 20.3 Å². The smallest absolute Gasteiger partial charge is 0.263 e. The van der Waals surface area contributed by atoms with E-state index in [0.29, 0.717) is 40.3 Å². The quantitative estimate of drug-likeness (QED) is 0.318. The van der Waals surface area contributed by atoms with Gasteiger partial charge in [-0.25, -0.2) is 0 Å². The van der Waals surface area contributed by atoms with Crippen LogP contribution in [0.1, 0.15) is 17.0 Å². The summed E-state index contributed by atoms with van der Waals surface area (Å²) in [5.41, 5.74) is 3.75. The second-order valence-electron chi connectivity index (χ2n) is 8.18. The van der Waals surface area contributed by atoms with Gasteiger partial charge in [-0.1, -0.05) is 89.2 Å². The molecule has 0 aliphatic carbocycles. The number of aromatic nitrogens is 6. The SMILES string of the molecule is Cc1ccc(-c2noc(CSc3nnc4n(Cc5ccccc5)c(=O)c5ccccc5n34)n2)cc1. The van der Waals surface area contributed by atoms with E-state index in [1.807, 2.05) is 90.2 Å². The van der Waals surface area contributed by atoms with Gasteiger partial charge in [0, 0.05) is 5.56 Å². The van der Waals surface area contributed by atoms with Crippen LogP contribution in [0, 0.1) is 6.92 Å². The lowest BCUT2D eigenvalue weighted by Gasteiger charge is -2.11. The van der Waals surface area contributed by atoms with Crippen LogP contribution in [-0.2, 0) is 12.3 Å². The second kappa shape index (κ2) is 8.84. The van der Waals surface area contributed by atoms with Crippen LogP contribution in [0.5, 0.6) is 0 Å². The summed E-state index contributed by atoms with van der Waals surface area (Å²) in [6, 6.07) is 25.3. The third-order valence-corrected chi connectivity index (χ3v) is 6.68. The molecule has 0 spiro atoms. The Kier molecular flexibility index (Phi) is 5.38. The lowest BCUT2D eigenvalue weighted by Crippen LogP contribution is -2.24. The Morgan fingerprint density at radius 1 is 0.914 bits per heavy atom. The second-order valence-corrected chi connectivity index (χ2v) is 9.12. The molecular weight excluding hydrogens is 460 g/mol. The first kappa shape index (κ1) is 21.3. The first-order valence-corrected chi connectivity index (χ1v) is 12.1. The number of hydrogen-bond donors (Lipinski definition) is 0. The number of fused-ring (bicyclic) bond motifs is 3. The highest BCUT2D eigenvalue weighted by Gasteiger charge is 2.18. The predicted octanol–water partition coefficient (Wildman–Crippen LogP) is 4.74. The maximum absolute atomic E-state index is 13.3. The van der Waals surface area contributed by atoms with Crippen molar-refractivity contribution in [2.45, 2.75) is 24.4 Å². The van der Waals surface area contributed by atoms with Crippen LogP contribution in [0.4, 0.5) is 0 Å². The highest BCUT2D eigenvalue weighted by atomic mass is 32.2. The molecule has 0 aliphatic heterocycles. The molecule has 0 aliphatic rings. The molecule has 0 bridgehead atoms. The van der Waals surface area contributed by atoms with Crippen molar-refractivity contribution >= 4 is 28.4 Å². The predicted molar refractivity (Wildman–Crippen MR) is 134 cm³/mol. The molecule has 6 rings (SSSR count). The van der Waals surface area contributed by atoms with Crippen molar-refractivity contribution in [3.05, 3.63) is 106 Å². The average Bonchev–Trinajstić information content (AvgIpc) is 3.54. The van der Waals surface area contributed by atoms with Crippen molar-refractivity contribution in [3.8, 4) is 11.4 Å². The zero-order valence-corrected chi connectivity index (χ0v) is 19.6. The van der Waals surface area contributed by atoms with E-state index < -0.39 is 0 Å². The van der Waals surface area contributed by atoms with Crippen molar-refractivity contribution in [1.29, 1.82) is 0 Å². The normalized spacial score (nSPS) is 11.5. The summed E-state index contributed by atoms with van der Waals surface area (Å²) in [5, 5.41) is 14.2. The maximum Gasteiger partial charge on any atom is 0.263 e. The minimum Gasteiger partial charge on any atom is -0.338 e. The Hall–Kier alpha value is -4.24. The van der Waals surface area contributed by atoms with E-state index in [1.54, 1.807) is 4.57 Å². The number of hydrogen-bond acceptors (Lipinski definition) is 7. The molecule has 0 unspecified atom stereocenters. The molecule has 172 valence electrons. The van der Waals surface area contributed by atoms with Crippen LogP contribution in [0.2, 0.25) is 0 Å². The van der Waals surface area contributed by atoms with Crippen LogP contribution in [-0.4, -0.2) is 29.3 Å². The van der Waals surface area contributed by atoms with Gasteiger partial charge in [0.05, 0.1) is 23.2 Å². The molecule has 0 radical (unpaired) electrons. The van der Waals surface area contributed by atoms with Gasteiger partial charge in [0.25, 0.3) is 5.56 Å². The van der Waals surface area contributed by atoms with Crippen LogP contribution in [0.3, 0.4) is 0 Å². The third-order valence-electron chi connectivity index (χ3n) is 5.76. The Labute approximate surface area is 204 Å². The molecule has 3 aromatic heterocycles. The first-order valence-electron chi connectivity index (χ1n) is 11.1. The van der Waals surface area contributed by atoms with Gasteiger partial charge in [-0.15, -0.1) is 10.2 Å². The van der Waals surface area contributed by atoms with Gasteiger partial charge >= 0.3 is 0 Å². The summed E-state index contributed by atoms with van der Waals surface area (Å²) in [6.07, 6.45) is 0. The topological polar surface area (TPSA) is 91.1 Å². The van der Waals surface area contributed by atoms with Gasteiger partial charge in [0.15, 0.2) is 5.16 Å². The fourth-order valence-corrected chi connectivity index (χ4v) is 4.77. The highest BCUT2D eigenvalue weighted by Crippen LogP contribution is 2.25. The van der Waals surface area contributed by atoms with Gasteiger partial charge in [0.1, 0.15) is 0 Å². The van der Waals surface area contributed by atoms with Crippen LogP contribution >= 0.6 is 11.8 Å². The number of benzene rings is 3. The molecule has 3 heterocycles. The molecule has 35 heavy (non-hydrogen) atoms. The Morgan fingerprint density at radius 3 is 2.51 bits per heavy atom. The highest BCUT2D eigenvalue weighted by molar-refractivity contribution is 7.98. The van der Waals surface area contributed by atoms with Gasteiger partial charge in [-0.3, -0.25) is 13.8 Å². The lowest BCUT2D eigenvalue weighted by molar-refractivity contribution is 0.391. The first-order chi connectivity index (χ1) is 17.2. The van der Waals surface area contributed by atoms with Crippen molar-refractivity contribution in [1.82, 2.24) is 29.3 Å².